The molecule has 0 saturated carbocycles. The molecule has 23 heavy (non-hydrogen) atoms. The fourth-order valence-electron chi connectivity index (χ4n) is 1.75. The number of alkyl halides is 3. The highest BCUT2D eigenvalue weighted by Gasteiger charge is 2.30. The molecule has 1 aromatic carbocycles. The summed E-state index contributed by atoms with van der Waals surface area (Å²) in [4.78, 5) is 11.6. The molecule has 0 bridgehead atoms. The van der Waals surface area contributed by atoms with Gasteiger partial charge in [0.25, 0.3) is 0 Å². The van der Waals surface area contributed by atoms with Crippen molar-refractivity contribution >= 4 is 18.3 Å². The van der Waals surface area contributed by atoms with Gasteiger partial charge in [-0.1, -0.05) is 12.1 Å². The topological polar surface area (TPSA) is 73.6 Å². The summed E-state index contributed by atoms with van der Waals surface area (Å²) in [6, 6.07) is 5.51. The monoisotopic (exact) mass is 356 g/mol. The SMILES string of the molecule is COC(CN)CC(=O)NCCc1ccc(OC(F)(F)F)cc1.Cl. The van der Waals surface area contributed by atoms with E-state index < -0.39 is 6.36 Å². The molecule has 0 aliphatic carbocycles. The molecule has 1 rings (SSSR count). The van der Waals surface area contributed by atoms with Gasteiger partial charge in [-0.2, -0.15) is 0 Å². The first-order chi connectivity index (χ1) is 10.3. The summed E-state index contributed by atoms with van der Waals surface area (Å²) in [5.74, 6) is -0.458. The second-order valence-electron chi connectivity index (χ2n) is 4.59. The van der Waals surface area contributed by atoms with Crippen molar-refractivity contribution in [2.75, 3.05) is 20.2 Å². The Morgan fingerprint density at radius 1 is 1.30 bits per heavy atom. The van der Waals surface area contributed by atoms with E-state index in [1.54, 1.807) is 0 Å². The number of nitrogens with one attached hydrogen (secondary N) is 1. The number of carbonyl (C=O) groups excluding carboxylic acids is 1. The third kappa shape index (κ3) is 9.27. The Bertz CT molecular complexity index is 465. The van der Waals surface area contributed by atoms with Gasteiger partial charge in [-0.05, 0) is 24.1 Å². The molecule has 9 heteroatoms. The summed E-state index contributed by atoms with van der Waals surface area (Å²) in [5, 5.41) is 2.70. The summed E-state index contributed by atoms with van der Waals surface area (Å²) in [6.45, 7) is 0.629. The number of rotatable bonds is 8. The fraction of sp³-hybridized carbons (Fsp3) is 0.500. The maximum absolute atomic E-state index is 12.0. The number of nitrogens with two attached hydrogens (primary N) is 1. The number of hydrogen-bond donors (Lipinski definition) is 2. The van der Waals surface area contributed by atoms with Crippen molar-refractivity contribution in [2.24, 2.45) is 5.73 Å². The Hall–Kier alpha value is -1.51. The predicted octanol–water partition coefficient (Wildman–Crippen LogP) is 2.03. The maximum atomic E-state index is 12.0. The highest BCUT2D eigenvalue weighted by molar-refractivity contribution is 5.85. The van der Waals surface area contributed by atoms with Crippen molar-refractivity contribution in [2.45, 2.75) is 25.3 Å². The van der Waals surface area contributed by atoms with Crippen LogP contribution < -0.4 is 15.8 Å². The van der Waals surface area contributed by atoms with Gasteiger partial charge in [0.2, 0.25) is 5.91 Å². The molecule has 0 aromatic heterocycles. The maximum Gasteiger partial charge on any atom is 0.573 e. The zero-order valence-corrected chi connectivity index (χ0v) is 13.4. The van der Waals surface area contributed by atoms with Crippen molar-refractivity contribution in [3.63, 3.8) is 0 Å². The van der Waals surface area contributed by atoms with Crippen molar-refractivity contribution in [3.05, 3.63) is 29.8 Å². The number of benzene rings is 1. The van der Waals surface area contributed by atoms with Crippen LogP contribution in [0.5, 0.6) is 5.75 Å². The minimum absolute atomic E-state index is 0. The summed E-state index contributed by atoms with van der Waals surface area (Å²) in [5.41, 5.74) is 6.20. The molecule has 0 heterocycles. The molecule has 5 nitrogen and oxygen atoms in total. The van der Waals surface area contributed by atoms with Crippen LogP contribution in [-0.2, 0) is 16.0 Å². The number of hydrogen-bond acceptors (Lipinski definition) is 4. The molecule has 3 N–H and O–H groups in total. The lowest BCUT2D eigenvalue weighted by Gasteiger charge is -2.12. The van der Waals surface area contributed by atoms with Crippen molar-refractivity contribution in [1.82, 2.24) is 5.32 Å². The molecular weight excluding hydrogens is 337 g/mol. The molecule has 132 valence electrons. The molecule has 1 amide bonds. The van der Waals surface area contributed by atoms with Crippen LogP contribution in [0.15, 0.2) is 24.3 Å². The fourth-order valence-corrected chi connectivity index (χ4v) is 1.75. The molecular formula is C14H20ClF3N2O3. The number of halogens is 4. The molecule has 0 fully saturated rings. The van der Waals surface area contributed by atoms with Crippen LogP contribution >= 0.6 is 12.4 Å². The van der Waals surface area contributed by atoms with Gasteiger partial charge >= 0.3 is 6.36 Å². The van der Waals surface area contributed by atoms with Crippen molar-refractivity contribution in [3.8, 4) is 5.75 Å². The molecule has 1 atom stereocenters. The summed E-state index contributed by atoms with van der Waals surface area (Å²) in [7, 11) is 1.48. The van der Waals surface area contributed by atoms with E-state index in [9.17, 15) is 18.0 Å². The van der Waals surface area contributed by atoms with Gasteiger partial charge in [0.15, 0.2) is 0 Å². The molecule has 0 saturated heterocycles. The molecule has 0 spiro atoms. The number of carbonyl (C=O) groups is 1. The molecule has 1 unspecified atom stereocenters. The first-order valence-electron chi connectivity index (χ1n) is 6.68. The van der Waals surface area contributed by atoms with Crippen LogP contribution in [0.1, 0.15) is 12.0 Å². The summed E-state index contributed by atoms with van der Waals surface area (Å²) >= 11 is 0. The Morgan fingerprint density at radius 2 is 1.91 bits per heavy atom. The van der Waals surface area contributed by atoms with E-state index in [1.807, 2.05) is 0 Å². The molecule has 0 aliphatic heterocycles. The smallest absolute Gasteiger partial charge is 0.406 e. The van der Waals surface area contributed by atoms with Gasteiger partial charge in [-0.3, -0.25) is 4.79 Å². The van der Waals surface area contributed by atoms with Crippen LogP contribution in [0.3, 0.4) is 0 Å². The highest BCUT2D eigenvalue weighted by Crippen LogP contribution is 2.22. The predicted molar refractivity (Wildman–Crippen MR) is 81.6 cm³/mol. The molecule has 0 aliphatic rings. The minimum Gasteiger partial charge on any atom is -0.406 e. The summed E-state index contributed by atoms with van der Waals surface area (Å²) < 4.78 is 44.8. The number of ether oxygens (including phenoxy) is 2. The first kappa shape index (κ1) is 21.5. The van der Waals surface area contributed by atoms with E-state index in [1.165, 1.54) is 31.4 Å². The van der Waals surface area contributed by atoms with Gasteiger partial charge in [-0.15, -0.1) is 25.6 Å². The van der Waals surface area contributed by atoms with Gasteiger partial charge in [0, 0.05) is 20.2 Å². The quantitative estimate of drug-likeness (QED) is 0.747. The van der Waals surface area contributed by atoms with Crippen LogP contribution in [0, 0.1) is 0 Å². The Labute approximate surface area is 138 Å². The van der Waals surface area contributed by atoms with E-state index in [-0.39, 0.29) is 43.1 Å². The number of amides is 1. The standard InChI is InChI=1S/C14H19F3N2O3.ClH/c1-21-12(9-18)8-13(20)19-7-6-10-2-4-11(5-3-10)22-14(15,16)17;/h2-5,12H,6-9,18H2,1H3,(H,19,20);1H. The van der Waals surface area contributed by atoms with E-state index in [0.29, 0.717) is 13.0 Å². The summed E-state index contributed by atoms with van der Waals surface area (Å²) in [6.07, 6.45) is -4.35. The second-order valence-corrected chi connectivity index (χ2v) is 4.59. The second kappa shape index (κ2) is 10.3. The van der Waals surface area contributed by atoms with Crippen LogP contribution in [0.2, 0.25) is 0 Å². The first-order valence-corrected chi connectivity index (χ1v) is 6.68. The Morgan fingerprint density at radius 3 is 2.39 bits per heavy atom. The van der Waals surface area contributed by atoms with E-state index >= 15 is 0 Å². The zero-order valence-electron chi connectivity index (χ0n) is 12.6. The highest BCUT2D eigenvalue weighted by atomic mass is 35.5. The minimum atomic E-state index is -4.70. The van der Waals surface area contributed by atoms with Gasteiger partial charge < -0.3 is 20.5 Å². The third-order valence-electron chi connectivity index (χ3n) is 2.90. The van der Waals surface area contributed by atoms with Crippen LogP contribution in [-0.4, -0.2) is 38.6 Å². The van der Waals surface area contributed by atoms with Crippen molar-refractivity contribution < 1.29 is 27.4 Å². The zero-order chi connectivity index (χ0) is 16.6. The van der Waals surface area contributed by atoms with E-state index in [4.69, 9.17) is 10.5 Å². The Balaban J connectivity index is 0.00000484. The molecule has 1 aromatic rings. The van der Waals surface area contributed by atoms with Crippen LogP contribution in [0.4, 0.5) is 13.2 Å². The lowest BCUT2D eigenvalue weighted by atomic mass is 10.1. The van der Waals surface area contributed by atoms with Crippen molar-refractivity contribution in [1.29, 1.82) is 0 Å². The van der Waals surface area contributed by atoms with E-state index in [0.717, 1.165) is 5.56 Å². The van der Waals surface area contributed by atoms with E-state index in [2.05, 4.69) is 10.1 Å². The molecule has 0 radical (unpaired) electrons. The average Bonchev–Trinajstić information content (AvgIpc) is 2.45. The lowest BCUT2D eigenvalue weighted by molar-refractivity contribution is -0.274. The number of methoxy groups -OCH3 is 1. The third-order valence-corrected chi connectivity index (χ3v) is 2.90. The lowest BCUT2D eigenvalue weighted by Crippen LogP contribution is -2.33. The normalized spacial score (nSPS) is 12.2. The van der Waals surface area contributed by atoms with Gasteiger partial charge in [0.1, 0.15) is 5.75 Å². The Kier molecular flexibility index (Phi) is 9.62. The average molecular weight is 357 g/mol. The van der Waals surface area contributed by atoms with Gasteiger partial charge in [-0.25, -0.2) is 0 Å². The largest absolute Gasteiger partial charge is 0.573 e. The van der Waals surface area contributed by atoms with Crippen LogP contribution in [0.25, 0.3) is 0 Å². The van der Waals surface area contributed by atoms with Gasteiger partial charge in [0.05, 0.1) is 12.5 Å².